The minimum atomic E-state index is -1.82. The third-order valence-electron chi connectivity index (χ3n) is 5.59. The van der Waals surface area contributed by atoms with Gasteiger partial charge < -0.3 is 30.1 Å². The number of rotatable bonds is 7. The van der Waals surface area contributed by atoms with Crippen LogP contribution < -0.4 is 9.64 Å². The minimum absolute atomic E-state index is 0.250. The number of hydrogen-bond acceptors (Lipinski definition) is 7. The lowest BCUT2D eigenvalue weighted by atomic mass is 10.0. The standard InChI is InChI=1S/C23H31ClN2O3.C2H2O4/c1-16(2)19-13-20(24)17(3)12-23(19)29-15-18(27)14-25-8-10-26(11-9-25)21-6-4-5-7-22(21)28;3-1(4)2(5)6/h4-7,12-13,16,18,27-28H,8-11,14-15H2,1-3H3;(H,3,4)(H,5,6). The Hall–Kier alpha value is -3.01. The summed E-state index contributed by atoms with van der Waals surface area (Å²) in [5.41, 5.74) is 2.90. The van der Waals surface area contributed by atoms with Crippen LogP contribution >= 0.6 is 11.6 Å². The first-order valence-electron chi connectivity index (χ1n) is 11.3. The highest BCUT2D eigenvalue weighted by Crippen LogP contribution is 2.32. The molecule has 0 radical (unpaired) electrons. The topological polar surface area (TPSA) is 131 Å². The van der Waals surface area contributed by atoms with Crippen molar-refractivity contribution in [3.05, 3.63) is 52.5 Å². The summed E-state index contributed by atoms with van der Waals surface area (Å²) in [5.74, 6) is -2.24. The molecule has 1 fully saturated rings. The highest BCUT2D eigenvalue weighted by Gasteiger charge is 2.21. The summed E-state index contributed by atoms with van der Waals surface area (Å²) in [6, 6.07) is 11.3. The number of para-hydroxylation sites is 2. The van der Waals surface area contributed by atoms with E-state index in [-0.39, 0.29) is 6.61 Å². The zero-order valence-electron chi connectivity index (χ0n) is 20.1. The molecule has 3 rings (SSSR count). The average Bonchev–Trinajstić information content (AvgIpc) is 2.80. The number of halogens is 1. The molecule has 0 aromatic heterocycles. The van der Waals surface area contributed by atoms with Crippen molar-refractivity contribution in [3.63, 3.8) is 0 Å². The molecule has 10 heteroatoms. The van der Waals surface area contributed by atoms with Crippen LogP contribution in [0.25, 0.3) is 0 Å². The van der Waals surface area contributed by atoms with Gasteiger partial charge in [0.05, 0.1) is 5.69 Å². The summed E-state index contributed by atoms with van der Waals surface area (Å²) in [4.78, 5) is 22.6. The first kappa shape index (κ1) is 28.2. The molecule has 2 aromatic carbocycles. The number of phenolic OH excluding ortho intramolecular Hbond substituents is 1. The summed E-state index contributed by atoms with van der Waals surface area (Å²) in [5, 5.41) is 36.0. The molecule has 1 unspecified atom stereocenters. The molecule has 35 heavy (non-hydrogen) atoms. The zero-order chi connectivity index (χ0) is 26.1. The molecule has 1 heterocycles. The van der Waals surface area contributed by atoms with Crippen LogP contribution in [0.2, 0.25) is 5.02 Å². The lowest BCUT2D eigenvalue weighted by Gasteiger charge is -2.37. The number of phenols is 1. The Kier molecular flexibility index (Phi) is 10.6. The summed E-state index contributed by atoms with van der Waals surface area (Å²) < 4.78 is 5.96. The van der Waals surface area contributed by atoms with Crippen LogP contribution in [0.4, 0.5) is 5.69 Å². The van der Waals surface area contributed by atoms with Gasteiger partial charge in [-0.05, 0) is 48.2 Å². The highest BCUT2D eigenvalue weighted by atomic mass is 35.5. The van der Waals surface area contributed by atoms with Gasteiger partial charge in [0.25, 0.3) is 0 Å². The normalized spacial score (nSPS) is 14.7. The van der Waals surface area contributed by atoms with Crippen molar-refractivity contribution >= 4 is 29.2 Å². The molecule has 0 spiro atoms. The SMILES string of the molecule is Cc1cc(OCC(O)CN2CCN(c3ccccc3O)CC2)c(C(C)C)cc1Cl.O=C(O)C(=O)O. The Balaban J connectivity index is 0.000000641. The van der Waals surface area contributed by atoms with Crippen molar-refractivity contribution in [1.82, 2.24) is 4.90 Å². The van der Waals surface area contributed by atoms with E-state index in [2.05, 4.69) is 23.6 Å². The molecule has 1 saturated heterocycles. The molecule has 0 aliphatic carbocycles. The molecule has 1 aliphatic rings. The molecular weight excluding hydrogens is 476 g/mol. The van der Waals surface area contributed by atoms with E-state index in [0.717, 1.165) is 53.8 Å². The lowest BCUT2D eigenvalue weighted by molar-refractivity contribution is -0.159. The fraction of sp³-hybridized carbons (Fsp3) is 0.440. The fourth-order valence-corrected chi connectivity index (χ4v) is 3.86. The van der Waals surface area contributed by atoms with Gasteiger partial charge in [0.2, 0.25) is 0 Å². The number of aliphatic carboxylic acids is 2. The van der Waals surface area contributed by atoms with Crippen LogP contribution in [0.15, 0.2) is 36.4 Å². The van der Waals surface area contributed by atoms with E-state index in [0.29, 0.717) is 18.2 Å². The fourth-order valence-electron chi connectivity index (χ4n) is 3.69. The molecule has 0 amide bonds. The van der Waals surface area contributed by atoms with Crippen LogP contribution in [0.1, 0.15) is 30.9 Å². The quantitative estimate of drug-likeness (QED) is 0.416. The second-order valence-corrected chi connectivity index (χ2v) is 9.05. The number of benzene rings is 2. The summed E-state index contributed by atoms with van der Waals surface area (Å²) in [7, 11) is 0. The van der Waals surface area contributed by atoms with Crippen LogP contribution in [-0.2, 0) is 9.59 Å². The van der Waals surface area contributed by atoms with Crippen LogP contribution in [0.5, 0.6) is 11.5 Å². The molecule has 0 bridgehead atoms. The molecule has 2 aromatic rings. The maximum absolute atomic E-state index is 10.5. The van der Waals surface area contributed by atoms with Gasteiger partial charge in [0.15, 0.2) is 0 Å². The van der Waals surface area contributed by atoms with E-state index < -0.39 is 18.0 Å². The second-order valence-electron chi connectivity index (χ2n) is 8.65. The third-order valence-corrected chi connectivity index (χ3v) is 6.00. The molecule has 9 nitrogen and oxygen atoms in total. The van der Waals surface area contributed by atoms with Gasteiger partial charge in [0, 0.05) is 37.7 Å². The molecular formula is C25H33ClN2O7. The molecule has 1 aliphatic heterocycles. The van der Waals surface area contributed by atoms with Crippen LogP contribution in [0, 0.1) is 6.92 Å². The Bertz CT molecular complexity index is 995. The predicted molar refractivity (Wildman–Crippen MR) is 134 cm³/mol. The summed E-state index contributed by atoms with van der Waals surface area (Å²) >= 11 is 6.26. The number of carboxylic acids is 2. The number of hydrogen-bond donors (Lipinski definition) is 4. The van der Waals surface area contributed by atoms with E-state index in [1.165, 1.54) is 0 Å². The van der Waals surface area contributed by atoms with Gasteiger partial charge in [0.1, 0.15) is 24.2 Å². The Labute approximate surface area is 210 Å². The van der Waals surface area contributed by atoms with Crippen LogP contribution in [0.3, 0.4) is 0 Å². The molecule has 1 atom stereocenters. The van der Waals surface area contributed by atoms with E-state index >= 15 is 0 Å². The molecule has 4 N–H and O–H groups in total. The Morgan fingerprint density at radius 3 is 2.20 bits per heavy atom. The maximum atomic E-state index is 10.5. The van der Waals surface area contributed by atoms with Crippen molar-refractivity contribution < 1.29 is 34.8 Å². The van der Waals surface area contributed by atoms with E-state index in [1.807, 2.05) is 37.3 Å². The minimum Gasteiger partial charge on any atom is -0.506 e. The smallest absolute Gasteiger partial charge is 0.414 e. The molecule has 0 saturated carbocycles. The number of aromatic hydroxyl groups is 1. The monoisotopic (exact) mass is 508 g/mol. The average molecular weight is 509 g/mol. The number of carboxylic acid groups (broad SMARTS) is 2. The van der Waals surface area contributed by atoms with E-state index in [4.69, 9.17) is 36.1 Å². The summed E-state index contributed by atoms with van der Waals surface area (Å²) in [6.45, 7) is 10.3. The van der Waals surface area contributed by atoms with Crippen molar-refractivity contribution in [2.45, 2.75) is 32.8 Å². The Morgan fingerprint density at radius 2 is 1.66 bits per heavy atom. The number of anilines is 1. The largest absolute Gasteiger partial charge is 0.506 e. The van der Waals surface area contributed by atoms with Crippen molar-refractivity contribution in [1.29, 1.82) is 0 Å². The van der Waals surface area contributed by atoms with E-state index in [9.17, 15) is 10.2 Å². The number of aliphatic hydroxyl groups excluding tert-OH is 1. The maximum Gasteiger partial charge on any atom is 0.414 e. The van der Waals surface area contributed by atoms with Gasteiger partial charge in [-0.3, -0.25) is 4.90 Å². The number of carbonyl (C=O) groups is 2. The van der Waals surface area contributed by atoms with Gasteiger partial charge in [-0.1, -0.05) is 37.6 Å². The van der Waals surface area contributed by atoms with Crippen molar-refractivity contribution in [2.75, 3.05) is 44.2 Å². The molecule has 192 valence electrons. The number of aryl methyl sites for hydroxylation is 1. The first-order chi connectivity index (χ1) is 16.5. The number of piperazine rings is 1. The lowest BCUT2D eigenvalue weighted by Crippen LogP contribution is -2.49. The number of β-amino-alcohol motifs (C(OH)–C–C–N with tert-alkyl or cyclic N) is 1. The van der Waals surface area contributed by atoms with Gasteiger partial charge in [-0.2, -0.15) is 0 Å². The van der Waals surface area contributed by atoms with Gasteiger partial charge in [-0.15, -0.1) is 0 Å². The van der Waals surface area contributed by atoms with E-state index in [1.54, 1.807) is 6.07 Å². The van der Waals surface area contributed by atoms with Crippen molar-refractivity contribution in [2.24, 2.45) is 0 Å². The number of nitrogens with zero attached hydrogens (tertiary/aromatic N) is 2. The second kappa shape index (κ2) is 13.2. The number of aliphatic hydroxyl groups is 1. The van der Waals surface area contributed by atoms with Gasteiger partial charge in [-0.25, -0.2) is 9.59 Å². The first-order valence-corrected chi connectivity index (χ1v) is 11.7. The Morgan fingerprint density at radius 1 is 1.06 bits per heavy atom. The van der Waals surface area contributed by atoms with Crippen LogP contribution in [-0.4, -0.2) is 82.7 Å². The van der Waals surface area contributed by atoms with Crippen molar-refractivity contribution in [3.8, 4) is 11.5 Å². The highest BCUT2D eigenvalue weighted by molar-refractivity contribution is 6.31. The van der Waals surface area contributed by atoms with Gasteiger partial charge >= 0.3 is 11.9 Å². The number of ether oxygens (including phenoxy) is 1. The third kappa shape index (κ3) is 8.61. The predicted octanol–water partition coefficient (Wildman–Crippen LogP) is 3.19. The summed E-state index contributed by atoms with van der Waals surface area (Å²) in [6.07, 6.45) is -0.567. The zero-order valence-corrected chi connectivity index (χ0v) is 20.9.